The second-order valence-corrected chi connectivity index (χ2v) is 3.62. The summed E-state index contributed by atoms with van der Waals surface area (Å²) in [6.45, 7) is 3.58. The standard InChI is InChI=1S/C9H13FN2O/c1-6(2)9(13)12-5-7(10)3-8(12)4-11/h6-8H,3,5H2,1-2H3. The van der Waals surface area contributed by atoms with Crippen LogP contribution >= 0.6 is 0 Å². The Morgan fingerprint density at radius 1 is 1.69 bits per heavy atom. The van der Waals surface area contributed by atoms with Crippen LogP contribution in [0.25, 0.3) is 0 Å². The van der Waals surface area contributed by atoms with Gasteiger partial charge in [-0.25, -0.2) is 4.39 Å². The molecule has 1 saturated heterocycles. The lowest BCUT2D eigenvalue weighted by atomic mass is 10.1. The van der Waals surface area contributed by atoms with Gasteiger partial charge in [-0.3, -0.25) is 4.79 Å². The summed E-state index contributed by atoms with van der Waals surface area (Å²) in [5.74, 6) is -0.298. The van der Waals surface area contributed by atoms with E-state index in [2.05, 4.69) is 0 Å². The summed E-state index contributed by atoms with van der Waals surface area (Å²) in [6.07, 6.45) is -0.873. The molecule has 1 heterocycles. The van der Waals surface area contributed by atoms with Crippen LogP contribution in [0.4, 0.5) is 4.39 Å². The Hall–Kier alpha value is -1.11. The molecule has 0 saturated carbocycles. The fourth-order valence-corrected chi connectivity index (χ4v) is 1.48. The van der Waals surface area contributed by atoms with Crippen molar-refractivity contribution in [2.75, 3.05) is 6.54 Å². The molecule has 0 aromatic carbocycles. The molecule has 3 nitrogen and oxygen atoms in total. The van der Waals surface area contributed by atoms with Crippen molar-refractivity contribution in [1.29, 1.82) is 5.26 Å². The summed E-state index contributed by atoms with van der Waals surface area (Å²) in [5, 5.41) is 8.67. The van der Waals surface area contributed by atoms with Crippen molar-refractivity contribution in [3.05, 3.63) is 0 Å². The molecule has 0 spiro atoms. The summed E-state index contributed by atoms with van der Waals surface area (Å²) in [5.41, 5.74) is 0. The maximum absolute atomic E-state index is 12.9. The summed E-state index contributed by atoms with van der Waals surface area (Å²) in [4.78, 5) is 12.8. The highest BCUT2D eigenvalue weighted by atomic mass is 19.1. The summed E-state index contributed by atoms with van der Waals surface area (Å²) in [7, 11) is 0. The van der Waals surface area contributed by atoms with Crippen LogP contribution < -0.4 is 0 Å². The van der Waals surface area contributed by atoms with Crippen molar-refractivity contribution in [3.63, 3.8) is 0 Å². The molecule has 0 N–H and O–H groups in total. The molecule has 0 aromatic rings. The second-order valence-electron chi connectivity index (χ2n) is 3.62. The third-order valence-electron chi connectivity index (χ3n) is 2.18. The van der Waals surface area contributed by atoms with Gasteiger partial charge in [0.25, 0.3) is 0 Å². The molecule has 2 unspecified atom stereocenters. The number of nitrogens with zero attached hydrogens (tertiary/aromatic N) is 2. The van der Waals surface area contributed by atoms with E-state index >= 15 is 0 Å². The van der Waals surface area contributed by atoms with E-state index in [9.17, 15) is 9.18 Å². The highest BCUT2D eigenvalue weighted by Gasteiger charge is 2.35. The zero-order chi connectivity index (χ0) is 10.0. The summed E-state index contributed by atoms with van der Waals surface area (Å²) >= 11 is 0. The molecular formula is C9H13FN2O. The molecule has 0 bridgehead atoms. The Kier molecular flexibility index (Phi) is 2.86. The Morgan fingerprint density at radius 3 is 2.77 bits per heavy atom. The van der Waals surface area contributed by atoms with E-state index in [1.54, 1.807) is 13.8 Å². The number of nitriles is 1. The van der Waals surface area contributed by atoms with Crippen LogP contribution in [0.5, 0.6) is 0 Å². The van der Waals surface area contributed by atoms with Crippen molar-refractivity contribution in [2.45, 2.75) is 32.5 Å². The zero-order valence-corrected chi connectivity index (χ0v) is 7.83. The van der Waals surface area contributed by atoms with Crippen LogP contribution in [0.3, 0.4) is 0 Å². The van der Waals surface area contributed by atoms with Gasteiger partial charge in [-0.2, -0.15) is 5.26 Å². The average molecular weight is 184 g/mol. The molecule has 0 aromatic heterocycles. The average Bonchev–Trinajstić information content (AvgIpc) is 2.45. The third kappa shape index (κ3) is 1.97. The van der Waals surface area contributed by atoms with Crippen molar-refractivity contribution >= 4 is 5.91 Å². The lowest BCUT2D eigenvalue weighted by Crippen LogP contribution is -2.37. The molecule has 4 heteroatoms. The van der Waals surface area contributed by atoms with Crippen molar-refractivity contribution in [1.82, 2.24) is 4.90 Å². The summed E-state index contributed by atoms with van der Waals surface area (Å²) < 4.78 is 12.9. The van der Waals surface area contributed by atoms with E-state index in [4.69, 9.17) is 5.26 Å². The first-order chi connectivity index (χ1) is 6.06. The Labute approximate surface area is 77.1 Å². The molecule has 13 heavy (non-hydrogen) atoms. The number of alkyl halides is 1. The van der Waals surface area contributed by atoms with Gasteiger partial charge in [0.05, 0.1) is 12.6 Å². The summed E-state index contributed by atoms with van der Waals surface area (Å²) in [6, 6.07) is 1.38. The van der Waals surface area contributed by atoms with Gasteiger partial charge in [-0.15, -0.1) is 0 Å². The number of likely N-dealkylation sites (tertiary alicyclic amines) is 1. The Balaban J connectivity index is 2.70. The smallest absolute Gasteiger partial charge is 0.226 e. The van der Waals surface area contributed by atoms with Crippen LogP contribution in [0, 0.1) is 17.2 Å². The number of amides is 1. The van der Waals surface area contributed by atoms with Gasteiger partial charge in [0.2, 0.25) is 5.91 Å². The molecule has 1 aliphatic heterocycles. The number of carbonyl (C=O) groups is 1. The second kappa shape index (κ2) is 3.73. The zero-order valence-electron chi connectivity index (χ0n) is 7.83. The van der Waals surface area contributed by atoms with Crippen LogP contribution in [-0.2, 0) is 4.79 Å². The monoisotopic (exact) mass is 184 g/mol. The third-order valence-corrected chi connectivity index (χ3v) is 2.18. The molecule has 0 radical (unpaired) electrons. The van der Waals surface area contributed by atoms with Crippen LogP contribution in [-0.4, -0.2) is 29.6 Å². The SMILES string of the molecule is CC(C)C(=O)N1CC(F)CC1C#N. The number of halogens is 1. The molecule has 1 amide bonds. The van der Waals surface area contributed by atoms with Crippen molar-refractivity contribution < 1.29 is 9.18 Å². The lowest BCUT2D eigenvalue weighted by molar-refractivity contribution is -0.134. The predicted molar refractivity (Wildman–Crippen MR) is 45.5 cm³/mol. The quantitative estimate of drug-likeness (QED) is 0.612. The number of hydrogen-bond donors (Lipinski definition) is 0. The van der Waals surface area contributed by atoms with Gasteiger partial charge in [0, 0.05) is 12.3 Å². The van der Waals surface area contributed by atoms with Crippen molar-refractivity contribution in [2.24, 2.45) is 5.92 Å². The van der Waals surface area contributed by atoms with Crippen LogP contribution in [0.2, 0.25) is 0 Å². The van der Waals surface area contributed by atoms with Crippen LogP contribution in [0.15, 0.2) is 0 Å². The molecule has 1 rings (SSSR count). The molecule has 0 aliphatic carbocycles. The topological polar surface area (TPSA) is 44.1 Å². The minimum absolute atomic E-state index is 0.0786. The fourth-order valence-electron chi connectivity index (χ4n) is 1.48. The van der Waals surface area contributed by atoms with Gasteiger partial charge >= 0.3 is 0 Å². The van der Waals surface area contributed by atoms with Gasteiger partial charge in [-0.1, -0.05) is 13.8 Å². The maximum Gasteiger partial charge on any atom is 0.226 e. The number of rotatable bonds is 1. The van der Waals surface area contributed by atoms with E-state index in [1.807, 2.05) is 6.07 Å². The first-order valence-electron chi connectivity index (χ1n) is 4.40. The molecule has 2 atom stereocenters. The molecule has 1 aliphatic rings. The molecule has 72 valence electrons. The van der Waals surface area contributed by atoms with E-state index in [0.29, 0.717) is 0 Å². The highest BCUT2D eigenvalue weighted by molar-refractivity contribution is 5.79. The largest absolute Gasteiger partial charge is 0.323 e. The van der Waals surface area contributed by atoms with Gasteiger partial charge in [-0.05, 0) is 0 Å². The van der Waals surface area contributed by atoms with Crippen LogP contribution in [0.1, 0.15) is 20.3 Å². The minimum Gasteiger partial charge on any atom is -0.323 e. The van der Waals surface area contributed by atoms with E-state index in [1.165, 1.54) is 4.90 Å². The normalized spacial score (nSPS) is 27.8. The highest BCUT2D eigenvalue weighted by Crippen LogP contribution is 2.21. The van der Waals surface area contributed by atoms with E-state index < -0.39 is 12.2 Å². The number of hydrogen-bond acceptors (Lipinski definition) is 2. The van der Waals surface area contributed by atoms with Gasteiger partial charge < -0.3 is 4.90 Å². The molecule has 1 fully saturated rings. The van der Waals surface area contributed by atoms with E-state index in [-0.39, 0.29) is 24.8 Å². The first-order valence-corrected chi connectivity index (χ1v) is 4.40. The number of carbonyl (C=O) groups excluding carboxylic acids is 1. The first kappa shape index (κ1) is 9.97. The van der Waals surface area contributed by atoms with Gasteiger partial charge in [0.15, 0.2) is 0 Å². The van der Waals surface area contributed by atoms with Gasteiger partial charge in [0.1, 0.15) is 12.2 Å². The Morgan fingerprint density at radius 2 is 2.31 bits per heavy atom. The Bertz CT molecular complexity index is 246. The van der Waals surface area contributed by atoms with E-state index in [0.717, 1.165) is 0 Å². The lowest BCUT2D eigenvalue weighted by Gasteiger charge is -2.20. The van der Waals surface area contributed by atoms with Crippen molar-refractivity contribution in [3.8, 4) is 6.07 Å². The maximum atomic E-state index is 12.9. The minimum atomic E-state index is -1.03. The molecular weight excluding hydrogens is 171 g/mol. The fraction of sp³-hybridized carbons (Fsp3) is 0.778. The predicted octanol–water partition coefficient (Wildman–Crippen LogP) is 1.10.